The van der Waals surface area contributed by atoms with Crippen molar-refractivity contribution >= 4 is 28.6 Å². The molecule has 0 atom stereocenters. The van der Waals surface area contributed by atoms with E-state index in [1.165, 1.54) is 23.5 Å². The Morgan fingerprint density at radius 2 is 1.70 bits per heavy atom. The number of nitrogens with one attached hydrogen (secondary N) is 1. The molecule has 0 saturated carbocycles. The fraction of sp³-hybridized carbons (Fsp3) is 0.333. The lowest BCUT2D eigenvalue weighted by atomic mass is 10.1. The highest BCUT2D eigenvalue weighted by atomic mass is 32.1. The summed E-state index contributed by atoms with van der Waals surface area (Å²) in [6.07, 6.45) is -4.27. The average molecular weight is 475 g/mol. The van der Waals surface area contributed by atoms with E-state index in [4.69, 9.17) is 0 Å². The molecule has 1 saturated heterocycles. The summed E-state index contributed by atoms with van der Waals surface area (Å²) in [6, 6.07) is 12.7. The smallest absolute Gasteiger partial charge is 0.369 e. The van der Waals surface area contributed by atoms with E-state index in [1.807, 2.05) is 24.3 Å². The minimum atomic E-state index is -4.37. The molecule has 5 nitrogen and oxygen atoms in total. The van der Waals surface area contributed by atoms with E-state index in [1.54, 1.807) is 5.38 Å². The maximum atomic E-state index is 12.7. The van der Waals surface area contributed by atoms with E-state index in [9.17, 15) is 18.0 Å². The van der Waals surface area contributed by atoms with Gasteiger partial charge < -0.3 is 15.1 Å². The highest BCUT2D eigenvalue weighted by molar-refractivity contribution is 7.13. The minimum Gasteiger partial charge on any atom is -0.369 e. The second-order valence-electron chi connectivity index (χ2n) is 7.91. The Kier molecular flexibility index (Phi) is 6.99. The van der Waals surface area contributed by atoms with Crippen LogP contribution < -0.4 is 10.2 Å². The van der Waals surface area contributed by atoms with Gasteiger partial charge in [0.05, 0.1) is 17.7 Å². The molecule has 2 aromatic carbocycles. The zero-order chi connectivity index (χ0) is 23.4. The molecule has 3 aromatic rings. The SMILES string of the molecule is CCN1CCN(c2ccc(NC(=O)Cc3csc(-c4ccc(C(F)(F)F)cc4)n3)cc2)CC1. The van der Waals surface area contributed by atoms with Gasteiger partial charge in [0, 0.05) is 48.5 Å². The molecule has 9 heteroatoms. The number of carbonyl (C=O) groups excluding carboxylic acids is 1. The Hall–Kier alpha value is -2.91. The number of halogens is 3. The number of benzene rings is 2. The van der Waals surface area contributed by atoms with Gasteiger partial charge in [-0.25, -0.2) is 4.98 Å². The van der Waals surface area contributed by atoms with E-state index < -0.39 is 11.7 Å². The summed E-state index contributed by atoms with van der Waals surface area (Å²) in [4.78, 5) is 21.6. The van der Waals surface area contributed by atoms with Crippen molar-refractivity contribution in [2.75, 3.05) is 42.9 Å². The number of piperazine rings is 1. The molecule has 0 radical (unpaired) electrons. The third-order valence-electron chi connectivity index (χ3n) is 5.69. The van der Waals surface area contributed by atoms with E-state index in [0.29, 0.717) is 22.0 Å². The molecule has 0 bridgehead atoms. The van der Waals surface area contributed by atoms with Crippen LogP contribution in [0.25, 0.3) is 10.6 Å². The molecule has 0 spiro atoms. The first-order valence-corrected chi connectivity index (χ1v) is 11.7. The number of likely N-dealkylation sites (N-methyl/N-ethyl adjacent to an activating group) is 1. The van der Waals surface area contributed by atoms with Crippen LogP contribution in [-0.2, 0) is 17.4 Å². The lowest BCUT2D eigenvalue weighted by Crippen LogP contribution is -2.46. The van der Waals surface area contributed by atoms with Gasteiger partial charge in [-0.2, -0.15) is 13.2 Å². The van der Waals surface area contributed by atoms with Gasteiger partial charge in [-0.15, -0.1) is 11.3 Å². The first-order valence-electron chi connectivity index (χ1n) is 10.8. The zero-order valence-electron chi connectivity index (χ0n) is 18.2. The third-order valence-corrected chi connectivity index (χ3v) is 6.63. The summed E-state index contributed by atoms with van der Waals surface area (Å²) >= 11 is 1.30. The fourth-order valence-corrected chi connectivity index (χ4v) is 4.60. The summed E-state index contributed by atoms with van der Waals surface area (Å²) in [5.41, 5.74) is 2.34. The Bertz CT molecular complexity index is 1070. The van der Waals surface area contributed by atoms with Crippen LogP contribution in [0.4, 0.5) is 24.5 Å². The van der Waals surface area contributed by atoms with E-state index in [0.717, 1.165) is 50.5 Å². The van der Waals surface area contributed by atoms with Crippen molar-refractivity contribution in [3.8, 4) is 10.6 Å². The van der Waals surface area contributed by atoms with Crippen LogP contribution in [0.5, 0.6) is 0 Å². The van der Waals surface area contributed by atoms with Crippen LogP contribution in [0.2, 0.25) is 0 Å². The standard InChI is InChI=1S/C24H25F3N4OS/c1-2-30-11-13-31(14-12-30)21-9-7-19(8-10-21)28-22(32)15-20-16-33-23(29-20)17-3-5-18(6-4-17)24(25,26)27/h3-10,16H,2,11-15H2,1H3,(H,28,32). The van der Waals surface area contributed by atoms with E-state index in [-0.39, 0.29) is 12.3 Å². The average Bonchev–Trinajstić information content (AvgIpc) is 3.27. The van der Waals surface area contributed by atoms with Gasteiger partial charge in [0.25, 0.3) is 0 Å². The quantitative estimate of drug-likeness (QED) is 0.537. The number of hydrogen-bond acceptors (Lipinski definition) is 5. The summed E-state index contributed by atoms with van der Waals surface area (Å²) in [7, 11) is 0. The normalized spacial score (nSPS) is 15.0. The summed E-state index contributed by atoms with van der Waals surface area (Å²) < 4.78 is 38.2. The summed E-state index contributed by atoms with van der Waals surface area (Å²) in [5.74, 6) is -0.191. The Labute approximate surface area is 194 Å². The molecule has 0 aliphatic carbocycles. The fourth-order valence-electron chi connectivity index (χ4n) is 3.77. The first kappa shape index (κ1) is 23.3. The number of thiazole rings is 1. The molecule has 33 heavy (non-hydrogen) atoms. The number of anilines is 2. The minimum absolute atomic E-state index is 0.0951. The summed E-state index contributed by atoms with van der Waals surface area (Å²) in [6.45, 7) is 7.33. The lowest BCUT2D eigenvalue weighted by molar-refractivity contribution is -0.137. The zero-order valence-corrected chi connectivity index (χ0v) is 19.0. The van der Waals surface area contributed by atoms with Gasteiger partial charge in [0.1, 0.15) is 5.01 Å². The number of aromatic nitrogens is 1. The molecular weight excluding hydrogens is 449 g/mol. The molecular formula is C24H25F3N4OS. The molecule has 1 aromatic heterocycles. The molecule has 174 valence electrons. The monoisotopic (exact) mass is 474 g/mol. The Morgan fingerprint density at radius 1 is 1.03 bits per heavy atom. The van der Waals surface area contributed by atoms with E-state index >= 15 is 0 Å². The van der Waals surface area contributed by atoms with Gasteiger partial charge in [0.15, 0.2) is 0 Å². The van der Waals surface area contributed by atoms with Crippen molar-refractivity contribution in [3.05, 3.63) is 65.2 Å². The topological polar surface area (TPSA) is 48.5 Å². The van der Waals surface area contributed by atoms with Crippen LogP contribution in [0.15, 0.2) is 53.9 Å². The number of nitrogens with zero attached hydrogens (tertiary/aromatic N) is 3. The van der Waals surface area contributed by atoms with Gasteiger partial charge in [0.2, 0.25) is 5.91 Å². The third kappa shape index (κ3) is 5.91. The largest absolute Gasteiger partial charge is 0.416 e. The van der Waals surface area contributed by atoms with Crippen LogP contribution in [0, 0.1) is 0 Å². The molecule has 4 rings (SSSR count). The molecule has 1 N–H and O–H groups in total. The second kappa shape index (κ2) is 9.93. The molecule has 1 amide bonds. The highest BCUT2D eigenvalue weighted by Gasteiger charge is 2.30. The Balaban J connectivity index is 1.32. The molecule has 1 fully saturated rings. The van der Waals surface area contributed by atoms with Crippen molar-refractivity contribution in [1.82, 2.24) is 9.88 Å². The van der Waals surface area contributed by atoms with Crippen LogP contribution in [-0.4, -0.2) is 48.5 Å². The van der Waals surface area contributed by atoms with Crippen molar-refractivity contribution < 1.29 is 18.0 Å². The van der Waals surface area contributed by atoms with Crippen molar-refractivity contribution in [3.63, 3.8) is 0 Å². The second-order valence-corrected chi connectivity index (χ2v) is 8.77. The molecule has 2 heterocycles. The highest BCUT2D eigenvalue weighted by Crippen LogP contribution is 2.32. The van der Waals surface area contributed by atoms with E-state index in [2.05, 4.69) is 27.0 Å². The predicted molar refractivity (Wildman–Crippen MR) is 126 cm³/mol. The number of hydrogen-bond donors (Lipinski definition) is 1. The molecule has 1 aliphatic heterocycles. The van der Waals surface area contributed by atoms with Gasteiger partial charge >= 0.3 is 6.18 Å². The van der Waals surface area contributed by atoms with Crippen LogP contribution in [0.1, 0.15) is 18.2 Å². The predicted octanol–water partition coefficient (Wildman–Crippen LogP) is 5.15. The van der Waals surface area contributed by atoms with Crippen molar-refractivity contribution in [2.24, 2.45) is 0 Å². The van der Waals surface area contributed by atoms with Crippen LogP contribution >= 0.6 is 11.3 Å². The van der Waals surface area contributed by atoms with Crippen LogP contribution in [0.3, 0.4) is 0 Å². The Morgan fingerprint density at radius 3 is 2.30 bits per heavy atom. The number of amides is 1. The lowest BCUT2D eigenvalue weighted by Gasteiger charge is -2.35. The number of alkyl halides is 3. The van der Waals surface area contributed by atoms with Gasteiger partial charge in [-0.3, -0.25) is 4.79 Å². The van der Waals surface area contributed by atoms with Crippen molar-refractivity contribution in [2.45, 2.75) is 19.5 Å². The maximum Gasteiger partial charge on any atom is 0.416 e. The number of rotatable bonds is 6. The van der Waals surface area contributed by atoms with Crippen molar-refractivity contribution in [1.29, 1.82) is 0 Å². The van der Waals surface area contributed by atoms with Gasteiger partial charge in [-0.1, -0.05) is 19.1 Å². The summed E-state index contributed by atoms with van der Waals surface area (Å²) in [5, 5.41) is 5.22. The van der Waals surface area contributed by atoms with Gasteiger partial charge in [-0.05, 0) is 42.9 Å². The molecule has 0 unspecified atom stereocenters. The maximum absolute atomic E-state index is 12.7. The first-order chi connectivity index (χ1) is 15.8. The molecule has 1 aliphatic rings. The number of carbonyl (C=O) groups is 1.